The van der Waals surface area contributed by atoms with E-state index in [4.69, 9.17) is 0 Å². The van der Waals surface area contributed by atoms with Gasteiger partial charge >= 0.3 is 0 Å². The number of H-pyrrole nitrogens is 1. The zero-order valence-corrected chi connectivity index (χ0v) is 17.0. The molecule has 0 bridgehead atoms. The van der Waals surface area contributed by atoms with Crippen LogP contribution < -0.4 is 16.1 Å². The number of anilines is 1. The summed E-state index contributed by atoms with van der Waals surface area (Å²) >= 11 is 8.47. The van der Waals surface area contributed by atoms with Crippen LogP contribution >= 0.6 is 43.2 Å². The monoisotopic (exact) mass is 469 g/mol. The molecular formula is C17H17Br2N3OS. The molecule has 0 saturated heterocycles. The van der Waals surface area contributed by atoms with E-state index >= 15 is 0 Å². The fraction of sp³-hybridized carbons (Fsp3) is 0.235. The number of hydrogen-bond acceptors (Lipinski definition) is 4. The number of hydrogen-bond donors (Lipinski definition) is 3. The predicted octanol–water partition coefficient (Wildman–Crippen LogP) is 5.05. The summed E-state index contributed by atoms with van der Waals surface area (Å²) in [5.41, 5.74) is 2.10. The molecule has 2 heterocycles. The Morgan fingerprint density at radius 3 is 2.67 bits per heavy atom. The van der Waals surface area contributed by atoms with Gasteiger partial charge in [0.2, 0.25) is 5.43 Å². The van der Waals surface area contributed by atoms with E-state index in [-0.39, 0.29) is 11.6 Å². The SMILES string of the molecule is CCC(NCc1cc(Br)cc(Br)c1)Nc1cc(=O)c2sccc2[nH]1. The van der Waals surface area contributed by atoms with Crippen molar-refractivity contribution in [2.24, 2.45) is 0 Å². The molecule has 4 nitrogen and oxygen atoms in total. The highest BCUT2D eigenvalue weighted by Gasteiger charge is 2.09. The summed E-state index contributed by atoms with van der Waals surface area (Å²) in [6, 6.07) is 9.74. The van der Waals surface area contributed by atoms with Crippen LogP contribution in [0.25, 0.3) is 10.2 Å². The van der Waals surface area contributed by atoms with Crippen molar-refractivity contribution >= 4 is 59.2 Å². The maximum atomic E-state index is 12.1. The first-order chi connectivity index (χ1) is 11.5. The second-order valence-electron chi connectivity index (χ2n) is 5.47. The summed E-state index contributed by atoms with van der Waals surface area (Å²) < 4.78 is 2.85. The van der Waals surface area contributed by atoms with E-state index in [9.17, 15) is 4.79 Å². The fourth-order valence-electron chi connectivity index (χ4n) is 2.49. The molecule has 1 unspecified atom stereocenters. The fourth-order valence-corrected chi connectivity index (χ4v) is 4.64. The summed E-state index contributed by atoms with van der Waals surface area (Å²) in [5.74, 6) is 0.737. The van der Waals surface area contributed by atoms with E-state index in [0.29, 0.717) is 0 Å². The number of halogens is 2. The summed E-state index contributed by atoms with van der Waals surface area (Å²) in [4.78, 5) is 15.4. The van der Waals surface area contributed by atoms with Crippen LogP contribution in [0.2, 0.25) is 0 Å². The lowest BCUT2D eigenvalue weighted by Crippen LogP contribution is -2.35. The molecule has 0 aliphatic heterocycles. The van der Waals surface area contributed by atoms with Crippen molar-refractivity contribution < 1.29 is 0 Å². The van der Waals surface area contributed by atoms with Gasteiger partial charge in [-0.05, 0) is 41.6 Å². The number of rotatable bonds is 6. The van der Waals surface area contributed by atoms with Crippen LogP contribution in [0.3, 0.4) is 0 Å². The Morgan fingerprint density at radius 2 is 1.96 bits per heavy atom. The zero-order chi connectivity index (χ0) is 17.1. The highest BCUT2D eigenvalue weighted by Crippen LogP contribution is 2.20. The lowest BCUT2D eigenvalue weighted by atomic mass is 10.2. The molecule has 0 fully saturated rings. The van der Waals surface area contributed by atoms with Crippen LogP contribution in [0.1, 0.15) is 18.9 Å². The van der Waals surface area contributed by atoms with E-state index in [0.717, 1.165) is 37.9 Å². The number of benzene rings is 1. The minimum absolute atomic E-state index is 0.0482. The standard InChI is InChI=1S/C17H17Br2N3OS/c1-2-15(20-9-10-5-11(18)7-12(19)6-10)22-16-8-14(23)17-13(21-16)3-4-24-17/h3-8,15,20H,2,9H2,1H3,(H2,21,22,23). The number of pyridine rings is 1. The van der Waals surface area contributed by atoms with Crippen molar-refractivity contribution in [3.05, 3.63) is 60.4 Å². The first-order valence-electron chi connectivity index (χ1n) is 7.60. The number of aromatic amines is 1. The zero-order valence-electron chi connectivity index (χ0n) is 13.0. The molecule has 0 aliphatic carbocycles. The van der Waals surface area contributed by atoms with Gasteiger partial charge in [-0.2, -0.15) is 0 Å². The Balaban J connectivity index is 1.70. The lowest BCUT2D eigenvalue weighted by Gasteiger charge is -2.20. The van der Waals surface area contributed by atoms with Crippen molar-refractivity contribution in [2.45, 2.75) is 26.1 Å². The van der Waals surface area contributed by atoms with Gasteiger partial charge in [0.1, 0.15) is 5.82 Å². The maximum absolute atomic E-state index is 12.1. The largest absolute Gasteiger partial charge is 0.356 e. The third-order valence-electron chi connectivity index (χ3n) is 3.65. The Morgan fingerprint density at radius 1 is 1.21 bits per heavy atom. The van der Waals surface area contributed by atoms with E-state index in [1.165, 1.54) is 16.9 Å². The van der Waals surface area contributed by atoms with Gasteiger partial charge in [0.15, 0.2) is 0 Å². The van der Waals surface area contributed by atoms with Crippen molar-refractivity contribution in [2.75, 3.05) is 5.32 Å². The van der Waals surface area contributed by atoms with Gasteiger partial charge in [-0.25, -0.2) is 0 Å². The quantitative estimate of drug-likeness (QED) is 0.441. The number of aromatic nitrogens is 1. The van der Waals surface area contributed by atoms with Crippen LogP contribution in [0.15, 0.2) is 49.5 Å². The lowest BCUT2D eigenvalue weighted by molar-refractivity contribution is 0.544. The van der Waals surface area contributed by atoms with Crippen LogP contribution in [0.5, 0.6) is 0 Å². The molecular weight excluding hydrogens is 454 g/mol. The average molecular weight is 471 g/mol. The normalized spacial score (nSPS) is 12.5. The molecule has 126 valence electrons. The molecule has 1 aromatic carbocycles. The number of fused-ring (bicyclic) bond motifs is 1. The first kappa shape index (κ1) is 17.7. The topological polar surface area (TPSA) is 56.9 Å². The Hall–Kier alpha value is -1.15. The Labute approximate surface area is 160 Å². The maximum Gasteiger partial charge on any atom is 0.201 e. The molecule has 7 heteroatoms. The highest BCUT2D eigenvalue weighted by molar-refractivity contribution is 9.11. The summed E-state index contributed by atoms with van der Waals surface area (Å²) in [6.07, 6.45) is 0.952. The van der Waals surface area contributed by atoms with Crippen molar-refractivity contribution in [3.63, 3.8) is 0 Å². The molecule has 3 N–H and O–H groups in total. The van der Waals surface area contributed by atoms with E-state index in [1.807, 2.05) is 17.5 Å². The van der Waals surface area contributed by atoms with Crippen LogP contribution in [-0.2, 0) is 6.54 Å². The van der Waals surface area contributed by atoms with Gasteiger partial charge in [0.05, 0.1) is 16.4 Å². The average Bonchev–Trinajstić information content (AvgIpc) is 2.99. The van der Waals surface area contributed by atoms with Gasteiger partial charge in [0.25, 0.3) is 0 Å². The van der Waals surface area contributed by atoms with Crippen molar-refractivity contribution in [1.29, 1.82) is 0 Å². The van der Waals surface area contributed by atoms with Gasteiger partial charge in [-0.3, -0.25) is 10.1 Å². The van der Waals surface area contributed by atoms with Crippen LogP contribution in [-0.4, -0.2) is 11.1 Å². The molecule has 1 atom stereocenters. The molecule has 0 radical (unpaired) electrons. The summed E-state index contributed by atoms with van der Waals surface area (Å²) in [7, 11) is 0. The van der Waals surface area contributed by atoms with Gasteiger partial charge < -0.3 is 10.3 Å². The molecule has 0 spiro atoms. The third-order valence-corrected chi connectivity index (χ3v) is 5.49. The molecule has 24 heavy (non-hydrogen) atoms. The molecule has 0 amide bonds. The number of nitrogens with one attached hydrogen (secondary N) is 3. The second kappa shape index (κ2) is 7.82. The predicted molar refractivity (Wildman–Crippen MR) is 109 cm³/mol. The van der Waals surface area contributed by atoms with Crippen LogP contribution in [0.4, 0.5) is 5.82 Å². The Bertz CT molecular complexity index is 886. The van der Waals surface area contributed by atoms with E-state index in [2.05, 4.69) is 66.5 Å². The van der Waals surface area contributed by atoms with E-state index in [1.54, 1.807) is 6.07 Å². The highest BCUT2D eigenvalue weighted by atomic mass is 79.9. The van der Waals surface area contributed by atoms with Crippen LogP contribution in [0, 0.1) is 0 Å². The third kappa shape index (κ3) is 4.27. The molecule has 3 rings (SSSR count). The second-order valence-corrected chi connectivity index (χ2v) is 8.22. The minimum Gasteiger partial charge on any atom is -0.356 e. The molecule has 0 aliphatic rings. The Kier molecular flexibility index (Phi) is 5.76. The molecule has 2 aromatic heterocycles. The van der Waals surface area contributed by atoms with Gasteiger partial charge in [-0.15, -0.1) is 11.3 Å². The molecule has 0 saturated carbocycles. The van der Waals surface area contributed by atoms with Gasteiger partial charge in [0, 0.05) is 21.6 Å². The number of thiophene rings is 1. The van der Waals surface area contributed by atoms with Crippen molar-refractivity contribution in [3.8, 4) is 0 Å². The van der Waals surface area contributed by atoms with Crippen molar-refractivity contribution in [1.82, 2.24) is 10.3 Å². The summed E-state index contributed by atoms with van der Waals surface area (Å²) in [6.45, 7) is 2.83. The smallest absolute Gasteiger partial charge is 0.201 e. The van der Waals surface area contributed by atoms with Gasteiger partial charge in [-0.1, -0.05) is 38.8 Å². The van der Waals surface area contributed by atoms with E-state index < -0.39 is 0 Å². The molecule has 3 aromatic rings. The summed E-state index contributed by atoms with van der Waals surface area (Å²) in [5, 5.41) is 8.77. The first-order valence-corrected chi connectivity index (χ1v) is 10.1. The minimum atomic E-state index is 0.0482.